The maximum absolute atomic E-state index is 11.5. The van der Waals surface area contributed by atoms with Crippen LogP contribution in [0.25, 0.3) is 16.3 Å². The van der Waals surface area contributed by atoms with E-state index in [1.54, 1.807) is 30.2 Å². The summed E-state index contributed by atoms with van der Waals surface area (Å²) in [6.07, 6.45) is 2.26. The molecule has 0 bridgehead atoms. The number of nitrogens with one attached hydrogen (secondary N) is 1. The number of ether oxygens (including phenoxy) is 1. The van der Waals surface area contributed by atoms with Crippen LogP contribution in [-0.2, 0) is 10.5 Å². The van der Waals surface area contributed by atoms with Crippen molar-refractivity contribution in [1.82, 2.24) is 19.7 Å². The number of thioether (sulfide) groups is 1. The Morgan fingerprint density at radius 1 is 1.21 bits per heavy atom. The Kier molecular flexibility index (Phi) is 6.15. The Labute approximate surface area is 200 Å². The van der Waals surface area contributed by atoms with Crippen LogP contribution in [0.3, 0.4) is 0 Å². The molecule has 0 atom stereocenters. The summed E-state index contributed by atoms with van der Waals surface area (Å²) in [5.74, 6) is 2.83. The molecule has 168 valence electrons. The fourth-order valence-corrected chi connectivity index (χ4v) is 5.32. The largest absolute Gasteiger partial charge is 0.497 e. The third kappa shape index (κ3) is 4.94. The fourth-order valence-electron chi connectivity index (χ4n) is 3.55. The lowest BCUT2D eigenvalue weighted by atomic mass is 10.2. The number of carbonyl (C=O) groups excluding carboxylic acids is 1. The molecule has 1 amide bonds. The van der Waals surface area contributed by atoms with Crippen LogP contribution in [0, 0.1) is 0 Å². The van der Waals surface area contributed by atoms with Crippen molar-refractivity contribution >= 4 is 34.7 Å². The maximum atomic E-state index is 11.5. The molecule has 0 spiro atoms. The zero-order valence-corrected chi connectivity index (χ0v) is 19.9. The van der Waals surface area contributed by atoms with Gasteiger partial charge in [0.2, 0.25) is 5.91 Å². The minimum absolute atomic E-state index is 0.0942. The molecule has 9 heteroatoms. The number of amides is 1. The van der Waals surface area contributed by atoms with Crippen LogP contribution in [-0.4, -0.2) is 32.8 Å². The number of thiazole rings is 1. The number of methoxy groups -OCH3 is 1. The Balaban J connectivity index is 1.38. The van der Waals surface area contributed by atoms with Gasteiger partial charge in [0.25, 0.3) is 0 Å². The Morgan fingerprint density at radius 2 is 2.06 bits per heavy atom. The standard InChI is InChI=1S/C24H23N5O2S2/c1-15(30)25-18-6-4-7-20(12-18)29-22(16-9-10-16)27-28-24(29)33-14-19-13-32-23(26-19)17-5-3-8-21(11-17)31-2/h3-8,11-13,16H,9-10,14H2,1-2H3,(H,25,30). The summed E-state index contributed by atoms with van der Waals surface area (Å²) in [4.78, 5) is 16.3. The molecule has 1 N–H and O–H groups in total. The molecule has 0 radical (unpaired) electrons. The van der Waals surface area contributed by atoms with Gasteiger partial charge in [-0.15, -0.1) is 21.5 Å². The molecule has 1 saturated carbocycles. The van der Waals surface area contributed by atoms with E-state index in [0.29, 0.717) is 11.7 Å². The molecule has 0 aliphatic heterocycles. The highest BCUT2D eigenvalue weighted by Crippen LogP contribution is 2.41. The molecule has 7 nitrogen and oxygen atoms in total. The van der Waals surface area contributed by atoms with E-state index in [2.05, 4.69) is 25.5 Å². The minimum atomic E-state index is -0.0942. The van der Waals surface area contributed by atoms with Crippen LogP contribution in [0.1, 0.15) is 37.2 Å². The first-order valence-corrected chi connectivity index (χ1v) is 12.5. The predicted molar refractivity (Wildman–Crippen MR) is 131 cm³/mol. The van der Waals surface area contributed by atoms with Crippen molar-refractivity contribution in [2.24, 2.45) is 0 Å². The number of nitrogens with zero attached hydrogens (tertiary/aromatic N) is 4. The molecular formula is C24H23N5O2S2. The van der Waals surface area contributed by atoms with Gasteiger partial charge in [0, 0.05) is 35.2 Å². The lowest BCUT2D eigenvalue weighted by molar-refractivity contribution is -0.114. The van der Waals surface area contributed by atoms with Crippen LogP contribution in [0.4, 0.5) is 5.69 Å². The third-order valence-electron chi connectivity index (χ3n) is 5.24. The normalized spacial score (nSPS) is 13.2. The molecule has 4 aromatic rings. The monoisotopic (exact) mass is 477 g/mol. The maximum Gasteiger partial charge on any atom is 0.221 e. The number of rotatable bonds is 8. The van der Waals surface area contributed by atoms with Crippen molar-refractivity contribution in [1.29, 1.82) is 0 Å². The van der Waals surface area contributed by atoms with Gasteiger partial charge in [0.1, 0.15) is 16.6 Å². The van der Waals surface area contributed by atoms with E-state index < -0.39 is 0 Å². The van der Waals surface area contributed by atoms with Gasteiger partial charge in [-0.25, -0.2) is 4.98 Å². The summed E-state index contributed by atoms with van der Waals surface area (Å²) >= 11 is 3.24. The van der Waals surface area contributed by atoms with Gasteiger partial charge >= 0.3 is 0 Å². The summed E-state index contributed by atoms with van der Waals surface area (Å²) in [6, 6.07) is 15.7. The first-order chi connectivity index (χ1) is 16.1. The van der Waals surface area contributed by atoms with E-state index in [4.69, 9.17) is 9.72 Å². The molecule has 1 aliphatic carbocycles. The van der Waals surface area contributed by atoms with Crippen molar-refractivity contribution in [3.05, 3.63) is 65.4 Å². The van der Waals surface area contributed by atoms with Crippen LogP contribution in [0.2, 0.25) is 0 Å². The molecule has 2 heterocycles. The SMILES string of the molecule is COc1cccc(-c2nc(CSc3nnc(C4CC4)n3-c3cccc(NC(C)=O)c3)cs2)c1. The van der Waals surface area contributed by atoms with E-state index in [1.807, 2.05) is 48.5 Å². The van der Waals surface area contributed by atoms with Crippen molar-refractivity contribution in [2.75, 3.05) is 12.4 Å². The molecule has 1 fully saturated rings. The molecule has 5 rings (SSSR count). The molecule has 2 aromatic carbocycles. The highest BCUT2D eigenvalue weighted by molar-refractivity contribution is 7.98. The summed E-state index contributed by atoms with van der Waals surface area (Å²) < 4.78 is 7.45. The number of aromatic nitrogens is 4. The van der Waals surface area contributed by atoms with Gasteiger partial charge in [0.05, 0.1) is 18.5 Å². The number of hydrogen-bond donors (Lipinski definition) is 1. The first kappa shape index (κ1) is 21.7. The van der Waals surface area contributed by atoms with Gasteiger partial charge in [0.15, 0.2) is 5.16 Å². The van der Waals surface area contributed by atoms with Crippen molar-refractivity contribution < 1.29 is 9.53 Å². The number of benzene rings is 2. The van der Waals surface area contributed by atoms with Crippen molar-refractivity contribution in [2.45, 2.75) is 36.6 Å². The van der Waals surface area contributed by atoms with E-state index >= 15 is 0 Å². The highest BCUT2D eigenvalue weighted by atomic mass is 32.2. The van der Waals surface area contributed by atoms with Gasteiger partial charge in [-0.3, -0.25) is 9.36 Å². The predicted octanol–water partition coefficient (Wildman–Crippen LogP) is 5.53. The van der Waals surface area contributed by atoms with Crippen LogP contribution < -0.4 is 10.1 Å². The van der Waals surface area contributed by atoms with Gasteiger partial charge in [-0.2, -0.15) is 0 Å². The molecule has 0 saturated heterocycles. The summed E-state index contributed by atoms with van der Waals surface area (Å²) in [5.41, 5.74) is 3.75. The van der Waals surface area contributed by atoms with Crippen LogP contribution >= 0.6 is 23.1 Å². The molecular weight excluding hydrogens is 454 g/mol. The van der Waals surface area contributed by atoms with E-state index in [1.165, 1.54) is 6.92 Å². The van der Waals surface area contributed by atoms with Gasteiger partial charge in [-0.1, -0.05) is 30.0 Å². The van der Waals surface area contributed by atoms with Crippen molar-refractivity contribution in [3.63, 3.8) is 0 Å². The Morgan fingerprint density at radius 3 is 2.85 bits per heavy atom. The topological polar surface area (TPSA) is 81.9 Å². The van der Waals surface area contributed by atoms with Gasteiger partial charge in [-0.05, 0) is 43.2 Å². The third-order valence-corrected chi connectivity index (χ3v) is 7.15. The zero-order valence-electron chi connectivity index (χ0n) is 18.3. The lowest BCUT2D eigenvalue weighted by Gasteiger charge is -2.11. The van der Waals surface area contributed by atoms with Crippen molar-refractivity contribution in [3.8, 4) is 22.0 Å². The second kappa shape index (κ2) is 9.36. The number of anilines is 1. The second-order valence-corrected chi connectivity index (χ2v) is 9.65. The van der Waals surface area contributed by atoms with E-state index in [0.717, 1.165) is 57.2 Å². The number of hydrogen-bond acceptors (Lipinski definition) is 7. The van der Waals surface area contributed by atoms with E-state index in [-0.39, 0.29) is 5.91 Å². The quantitative estimate of drug-likeness (QED) is 0.336. The molecule has 0 unspecified atom stereocenters. The molecule has 2 aromatic heterocycles. The molecule has 33 heavy (non-hydrogen) atoms. The Bertz CT molecular complexity index is 1300. The zero-order chi connectivity index (χ0) is 22.8. The summed E-state index contributed by atoms with van der Waals surface area (Å²) in [7, 11) is 1.67. The minimum Gasteiger partial charge on any atom is -0.497 e. The second-order valence-electron chi connectivity index (χ2n) is 7.85. The fraction of sp³-hybridized carbons (Fsp3) is 0.250. The average Bonchev–Trinajstić information content (AvgIpc) is 3.39. The summed E-state index contributed by atoms with van der Waals surface area (Å²) in [6.45, 7) is 1.51. The van der Waals surface area contributed by atoms with E-state index in [9.17, 15) is 4.79 Å². The summed E-state index contributed by atoms with van der Waals surface area (Å²) in [5, 5.41) is 15.7. The van der Waals surface area contributed by atoms with Crippen LogP contribution in [0.5, 0.6) is 5.75 Å². The smallest absolute Gasteiger partial charge is 0.221 e. The first-order valence-electron chi connectivity index (χ1n) is 10.7. The van der Waals surface area contributed by atoms with Crippen LogP contribution in [0.15, 0.2) is 59.1 Å². The number of carbonyl (C=O) groups is 1. The lowest BCUT2D eigenvalue weighted by Crippen LogP contribution is -2.07. The average molecular weight is 478 g/mol. The highest BCUT2D eigenvalue weighted by Gasteiger charge is 2.31. The van der Waals surface area contributed by atoms with Gasteiger partial charge < -0.3 is 10.1 Å². The molecule has 1 aliphatic rings. The Hall–Kier alpha value is -3.17.